The van der Waals surface area contributed by atoms with Gasteiger partial charge < -0.3 is 15.2 Å². The van der Waals surface area contributed by atoms with E-state index in [-0.39, 0.29) is 22.7 Å². The summed E-state index contributed by atoms with van der Waals surface area (Å²) in [5.41, 5.74) is 1.03. The number of pyridine rings is 1. The maximum Gasteiger partial charge on any atom is 0.322 e. The molecule has 2 aromatic carbocycles. The summed E-state index contributed by atoms with van der Waals surface area (Å²) in [7, 11) is 1.64. The van der Waals surface area contributed by atoms with E-state index in [4.69, 9.17) is 11.6 Å². The fourth-order valence-electron chi connectivity index (χ4n) is 2.75. The predicted octanol–water partition coefficient (Wildman–Crippen LogP) is 4.55. The van der Waals surface area contributed by atoms with Crippen LogP contribution in [0.4, 0.5) is 14.9 Å². The number of hydrogen-bond donors (Lipinski definition) is 2. The molecule has 0 aliphatic rings. The number of urea groups is 1. The van der Waals surface area contributed by atoms with Gasteiger partial charge in [0.15, 0.2) is 0 Å². The molecule has 0 saturated heterocycles. The first-order valence-electron chi connectivity index (χ1n) is 7.97. The average molecular weight is 374 g/mol. The van der Waals surface area contributed by atoms with Gasteiger partial charge >= 0.3 is 6.03 Å². The first kappa shape index (κ1) is 17.9. The van der Waals surface area contributed by atoms with Crippen LogP contribution in [0.3, 0.4) is 0 Å². The first-order chi connectivity index (χ1) is 12.4. The molecular formula is C19H17ClFN3O2. The number of fused-ring (bicyclic) bond motifs is 1. The molecule has 3 rings (SSSR count). The predicted molar refractivity (Wildman–Crippen MR) is 101 cm³/mol. The van der Waals surface area contributed by atoms with Crippen LogP contribution in [0.1, 0.15) is 18.5 Å². The van der Waals surface area contributed by atoms with Crippen molar-refractivity contribution in [2.24, 2.45) is 0 Å². The van der Waals surface area contributed by atoms with Gasteiger partial charge in [-0.05, 0) is 42.1 Å². The Morgan fingerprint density at radius 1 is 1.23 bits per heavy atom. The maximum absolute atomic E-state index is 13.2. The Balaban J connectivity index is 1.86. The van der Waals surface area contributed by atoms with E-state index in [0.717, 1.165) is 10.9 Å². The summed E-state index contributed by atoms with van der Waals surface area (Å²) in [5.74, 6) is -0.550. The molecule has 134 valence electrons. The summed E-state index contributed by atoms with van der Waals surface area (Å²) in [6, 6.07) is 10.5. The number of anilines is 1. The fraction of sp³-hybridized carbons (Fsp3) is 0.158. The quantitative estimate of drug-likeness (QED) is 0.707. The van der Waals surface area contributed by atoms with Crippen molar-refractivity contribution in [2.75, 3.05) is 12.4 Å². The molecule has 0 radical (unpaired) electrons. The number of rotatable bonds is 3. The van der Waals surface area contributed by atoms with Gasteiger partial charge in [0.2, 0.25) is 0 Å². The van der Waals surface area contributed by atoms with E-state index < -0.39 is 5.82 Å². The van der Waals surface area contributed by atoms with Gasteiger partial charge in [-0.1, -0.05) is 29.8 Å². The highest BCUT2D eigenvalue weighted by molar-refractivity contribution is 6.31. The smallest absolute Gasteiger partial charge is 0.322 e. The molecule has 26 heavy (non-hydrogen) atoms. The lowest BCUT2D eigenvalue weighted by Crippen LogP contribution is -2.34. The van der Waals surface area contributed by atoms with Crippen LogP contribution >= 0.6 is 11.6 Å². The highest BCUT2D eigenvalue weighted by atomic mass is 35.5. The van der Waals surface area contributed by atoms with Crippen molar-refractivity contribution in [1.29, 1.82) is 0 Å². The van der Waals surface area contributed by atoms with E-state index in [0.29, 0.717) is 11.1 Å². The zero-order valence-electron chi connectivity index (χ0n) is 14.2. The van der Waals surface area contributed by atoms with Crippen LogP contribution in [0.2, 0.25) is 5.02 Å². The summed E-state index contributed by atoms with van der Waals surface area (Å²) >= 11 is 5.74. The number of H-pyrrole nitrogens is 1. The molecule has 1 aromatic heterocycles. The van der Waals surface area contributed by atoms with Crippen LogP contribution in [-0.4, -0.2) is 23.0 Å². The normalized spacial score (nSPS) is 12.0. The Bertz CT molecular complexity index is 1030. The van der Waals surface area contributed by atoms with Gasteiger partial charge in [0.05, 0.1) is 11.1 Å². The number of carbonyl (C=O) groups is 1. The summed E-state index contributed by atoms with van der Waals surface area (Å²) in [6.07, 6.45) is 1.62. The van der Waals surface area contributed by atoms with Crippen LogP contribution < -0.4 is 10.9 Å². The van der Waals surface area contributed by atoms with Gasteiger partial charge in [0.25, 0.3) is 5.56 Å². The number of benzene rings is 2. The largest absolute Gasteiger partial charge is 0.328 e. The van der Waals surface area contributed by atoms with E-state index >= 15 is 0 Å². The number of aromatic nitrogens is 1. The standard InChI is InChI=1S/C19H17ClFN3O2/c1-11(15-10-22-18(25)14-6-4-3-5-13(14)15)24(2)19(26)23-12-7-8-17(21)16(20)9-12/h3-11H,1-2H3,(H,22,25)(H,23,26)/t11-/m0/s1. The summed E-state index contributed by atoms with van der Waals surface area (Å²) < 4.78 is 13.2. The number of aromatic amines is 1. The van der Waals surface area contributed by atoms with Gasteiger partial charge in [0, 0.05) is 24.3 Å². The zero-order chi connectivity index (χ0) is 18.8. The summed E-state index contributed by atoms with van der Waals surface area (Å²) in [5, 5.41) is 3.97. The second-order valence-corrected chi connectivity index (χ2v) is 6.37. The number of nitrogens with one attached hydrogen (secondary N) is 2. The van der Waals surface area contributed by atoms with Crippen LogP contribution in [0.25, 0.3) is 10.8 Å². The first-order valence-corrected chi connectivity index (χ1v) is 8.35. The van der Waals surface area contributed by atoms with Crippen molar-refractivity contribution in [3.63, 3.8) is 0 Å². The topological polar surface area (TPSA) is 65.2 Å². The SMILES string of the molecule is C[C@@H](c1c[nH]c(=O)c2ccccc12)N(C)C(=O)Nc1ccc(F)c(Cl)c1. The zero-order valence-corrected chi connectivity index (χ0v) is 15.0. The Labute approximate surface area is 154 Å². The minimum atomic E-state index is -0.550. The molecule has 1 atom stereocenters. The van der Waals surface area contributed by atoms with E-state index in [1.54, 1.807) is 25.4 Å². The number of hydrogen-bond acceptors (Lipinski definition) is 2. The molecule has 0 unspecified atom stereocenters. The molecule has 7 heteroatoms. The minimum absolute atomic E-state index is 0.0647. The minimum Gasteiger partial charge on any atom is -0.328 e. The van der Waals surface area contributed by atoms with Crippen molar-refractivity contribution >= 4 is 34.1 Å². The molecule has 2 amide bonds. The molecule has 0 fully saturated rings. The second-order valence-electron chi connectivity index (χ2n) is 5.96. The van der Waals surface area contributed by atoms with Gasteiger partial charge in [-0.3, -0.25) is 4.79 Å². The molecule has 0 bridgehead atoms. The lowest BCUT2D eigenvalue weighted by atomic mass is 10.0. The molecule has 2 N–H and O–H groups in total. The van der Waals surface area contributed by atoms with Gasteiger partial charge in [-0.15, -0.1) is 0 Å². The van der Waals surface area contributed by atoms with Crippen LogP contribution in [-0.2, 0) is 0 Å². The van der Waals surface area contributed by atoms with E-state index in [9.17, 15) is 14.0 Å². The third kappa shape index (κ3) is 3.41. The molecule has 0 saturated carbocycles. The molecule has 3 aromatic rings. The highest BCUT2D eigenvalue weighted by Gasteiger charge is 2.20. The molecule has 0 spiro atoms. The molecular weight excluding hydrogens is 357 g/mol. The van der Waals surface area contributed by atoms with Crippen molar-refractivity contribution in [2.45, 2.75) is 13.0 Å². The van der Waals surface area contributed by atoms with Crippen molar-refractivity contribution in [1.82, 2.24) is 9.88 Å². The molecule has 0 aliphatic heterocycles. The maximum atomic E-state index is 13.2. The summed E-state index contributed by atoms with van der Waals surface area (Å²) in [6.45, 7) is 1.86. The molecule has 5 nitrogen and oxygen atoms in total. The Morgan fingerprint density at radius 3 is 2.62 bits per heavy atom. The lowest BCUT2D eigenvalue weighted by molar-refractivity contribution is 0.208. The van der Waals surface area contributed by atoms with Gasteiger partial charge in [0.1, 0.15) is 5.82 Å². The monoisotopic (exact) mass is 373 g/mol. The average Bonchev–Trinajstić information content (AvgIpc) is 2.64. The number of nitrogens with zero attached hydrogens (tertiary/aromatic N) is 1. The van der Waals surface area contributed by atoms with Gasteiger partial charge in [-0.25, -0.2) is 9.18 Å². The van der Waals surface area contributed by atoms with Crippen molar-refractivity contribution < 1.29 is 9.18 Å². The number of amides is 2. The second kappa shape index (κ2) is 7.17. The number of carbonyl (C=O) groups excluding carboxylic acids is 1. The Hall–Kier alpha value is -2.86. The molecule has 0 aliphatic carbocycles. The van der Waals surface area contributed by atoms with Crippen LogP contribution in [0.5, 0.6) is 0 Å². The third-order valence-electron chi connectivity index (χ3n) is 4.36. The summed E-state index contributed by atoms with van der Waals surface area (Å²) in [4.78, 5) is 28.7. The van der Waals surface area contributed by atoms with Crippen molar-refractivity contribution in [3.8, 4) is 0 Å². The van der Waals surface area contributed by atoms with Crippen LogP contribution in [0, 0.1) is 5.82 Å². The Kier molecular flexibility index (Phi) is 4.95. The third-order valence-corrected chi connectivity index (χ3v) is 4.65. The van der Waals surface area contributed by atoms with Crippen LogP contribution in [0.15, 0.2) is 53.5 Å². The fourth-order valence-corrected chi connectivity index (χ4v) is 2.93. The lowest BCUT2D eigenvalue weighted by Gasteiger charge is -2.26. The van der Waals surface area contributed by atoms with E-state index in [2.05, 4.69) is 10.3 Å². The van der Waals surface area contributed by atoms with Gasteiger partial charge in [-0.2, -0.15) is 0 Å². The Morgan fingerprint density at radius 2 is 1.92 bits per heavy atom. The van der Waals surface area contributed by atoms with Crippen molar-refractivity contribution in [3.05, 3.63) is 75.4 Å². The highest BCUT2D eigenvalue weighted by Crippen LogP contribution is 2.26. The van der Waals surface area contributed by atoms with E-state index in [1.165, 1.54) is 23.1 Å². The molecule has 1 heterocycles. The number of halogens is 2. The van der Waals surface area contributed by atoms with E-state index in [1.807, 2.05) is 19.1 Å².